The van der Waals surface area contributed by atoms with Crippen LogP contribution >= 0.6 is 0 Å². The second kappa shape index (κ2) is 8.70. The summed E-state index contributed by atoms with van der Waals surface area (Å²) in [5, 5.41) is 15.2. The Morgan fingerprint density at radius 1 is 1.00 bits per heavy atom. The number of aliphatic hydroxyl groups is 1. The van der Waals surface area contributed by atoms with E-state index in [2.05, 4.69) is 5.16 Å². The first-order chi connectivity index (χ1) is 16.2. The van der Waals surface area contributed by atoms with Crippen LogP contribution in [0.4, 0.5) is 5.82 Å². The Balaban J connectivity index is 1.95. The summed E-state index contributed by atoms with van der Waals surface area (Å²) in [6.45, 7) is 5.85. The lowest BCUT2D eigenvalue weighted by Gasteiger charge is -2.23. The molecule has 8 nitrogen and oxygen atoms in total. The van der Waals surface area contributed by atoms with E-state index in [-0.39, 0.29) is 22.6 Å². The van der Waals surface area contributed by atoms with Gasteiger partial charge in [-0.05, 0) is 17.7 Å². The van der Waals surface area contributed by atoms with E-state index < -0.39 is 17.7 Å². The molecule has 2 aromatic carbocycles. The second-order valence-corrected chi connectivity index (χ2v) is 8.95. The molecular formula is C26H26N2O6. The number of anilines is 1. The molecule has 1 aromatic heterocycles. The number of Topliss-reactive ketones (excluding diaryl/α,β-unsaturated/α-hetero) is 1. The molecule has 0 radical (unpaired) electrons. The first kappa shape index (κ1) is 23.1. The summed E-state index contributed by atoms with van der Waals surface area (Å²) in [7, 11) is 3.01. The van der Waals surface area contributed by atoms with Crippen molar-refractivity contribution in [2.45, 2.75) is 32.2 Å². The molecule has 1 amide bonds. The van der Waals surface area contributed by atoms with Crippen molar-refractivity contribution in [2.24, 2.45) is 0 Å². The zero-order chi connectivity index (χ0) is 24.6. The Labute approximate surface area is 197 Å². The van der Waals surface area contributed by atoms with Crippen LogP contribution in [0.1, 0.15) is 43.7 Å². The van der Waals surface area contributed by atoms with Crippen LogP contribution in [0.15, 0.2) is 64.7 Å². The fourth-order valence-corrected chi connectivity index (χ4v) is 3.89. The molecule has 1 aliphatic heterocycles. The van der Waals surface area contributed by atoms with Crippen LogP contribution in [0.25, 0.3) is 5.76 Å². The lowest BCUT2D eigenvalue weighted by Crippen LogP contribution is -2.29. The number of ketones is 1. The van der Waals surface area contributed by atoms with Gasteiger partial charge in [-0.1, -0.05) is 62.3 Å². The van der Waals surface area contributed by atoms with Crippen LogP contribution in [-0.4, -0.2) is 36.2 Å². The molecule has 8 heteroatoms. The van der Waals surface area contributed by atoms with Gasteiger partial charge >= 0.3 is 5.91 Å². The Hall–Kier alpha value is -4.07. The fraction of sp³-hybridized carbons (Fsp3) is 0.269. The van der Waals surface area contributed by atoms with Crippen LogP contribution in [0.5, 0.6) is 11.5 Å². The predicted molar refractivity (Wildman–Crippen MR) is 126 cm³/mol. The number of hydrogen-bond acceptors (Lipinski definition) is 7. The number of ether oxygens (including phenoxy) is 2. The van der Waals surface area contributed by atoms with Crippen molar-refractivity contribution in [1.82, 2.24) is 5.16 Å². The average molecular weight is 463 g/mol. The Morgan fingerprint density at radius 3 is 2.26 bits per heavy atom. The lowest BCUT2D eigenvalue weighted by molar-refractivity contribution is -0.132. The highest BCUT2D eigenvalue weighted by Gasteiger charge is 2.48. The summed E-state index contributed by atoms with van der Waals surface area (Å²) >= 11 is 0. The van der Waals surface area contributed by atoms with E-state index in [4.69, 9.17) is 14.0 Å². The molecule has 1 saturated heterocycles. The van der Waals surface area contributed by atoms with Crippen LogP contribution in [0.3, 0.4) is 0 Å². The van der Waals surface area contributed by atoms with E-state index in [1.54, 1.807) is 54.6 Å². The zero-order valence-corrected chi connectivity index (χ0v) is 19.7. The highest BCUT2D eigenvalue weighted by molar-refractivity contribution is 6.51. The molecule has 2 heterocycles. The number of nitrogens with zero attached hydrogens (tertiary/aromatic N) is 2. The van der Waals surface area contributed by atoms with Crippen molar-refractivity contribution < 1.29 is 28.7 Å². The maximum absolute atomic E-state index is 13.3. The molecule has 34 heavy (non-hydrogen) atoms. The number of aromatic nitrogens is 1. The molecule has 1 atom stereocenters. The molecule has 0 saturated carbocycles. The van der Waals surface area contributed by atoms with Crippen molar-refractivity contribution in [3.8, 4) is 11.5 Å². The standard InChI is InChI=1S/C26H26N2O6/c1-26(2,3)19-14-20(27-34-19)28-22(16-11-12-17(32-4)18(13-16)33-5)21(24(30)25(28)31)23(29)15-9-7-6-8-10-15/h6-14,22,29H,1-5H3/b23-21-. The van der Waals surface area contributed by atoms with Crippen LogP contribution < -0.4 is 14.4 Å². The minimum Gasteiger partial charge on any atom is -0.507 e. The largest absolute Gasteiger partial charge is 0.507 e. The van der Waals surface area contributed by atoms with Gasteiger partial charge in [0.15, 0.2) is 17.3 Å². The van der Waals surface area contributed by atoms with Gasteiger partial charge in [-0.2, -0.15) is 0 Å². The van der Waals surface area contributed by atoms with E-state index in [1.807, 2.05) is 20.8 Å². The Kier molecular flexibility index (Phi) is 5.91. The second-order valence-electron chi connectivity index (χ2n) is 8.95. The van der Waals surface area contributed by atoms with E-state index in [0.29, 0.717) is 28.4 Å². The SMILES string of the molecule is COc1ccc(C2/C(=C(/O)c3ccccc3)C(=O)C(=O)N2c2cc(C(C)(C)C)on2)cc1OC. The third-order valence-corrected chi connectivity index (χ3v) is 5.70. The lowest BCUT2D eigenvalue weighted by atomic mass is 9.93. The minimum atomic E-state index is -0.960. The van der Waals surface area contributed by atoms with E-state index in [9.17, 15) is 14.7 Å². The van der Waals surface area contributed by atoms with Crippen molar-refractivity contribution in [3.63, 3.8) is 0 Å². The summed E-state index contributed by atoms with van der Waals surface area (Å²) < 4.78 is 16.3. The van der Waals surface area contributed by atoms with Crippen molar-refractivity contribution in [1.29, 1.82) is 0 Å². The maximum atomic E-state index is 13.3. The molecule has 1 N–H and O–H groups in total. The van der Waals surface area contributed by atoms with Gasteiger partial charge in [0.2, 0.25) is 0 Å². The van der Waals surface area contributed by atoms with Crippen LogP contribution in [0.2, 0.25) is 0 Å². The van der Waals surface area contributed by atoms with Gasteiger partial charge in [0.1, 0.15) is 11.5 Å². The van der Waals surface area contributed by atoms with Gasteiger partial charge in [-0.3, -0.25) is 14.5 Å². The van der Waals surface area contributed by atoms with Gasteiger partial charge in [0, 0.05) is 17.0 Å². The molecule has 176 valence electrons. The van der Waals surface area contributed by atoms with Crippen LogP contribution in [-0.2, 0) is 15.0 Å². The number of carbonyl (C=O) groups is 2. The van der Waals surface area contributed by atoms with Crippen molar-refractivity contribution in [2.75, 3.05) is 19.1 Å². The minimum absolute atomic E-state index is 0.0521. The van der Waals surface area contributed by atoms with Gasteiger partial charge in [0.25, 0.3) is 5.78 Å². The summed E-state index contributed by atoms with van der Waals surface area (Å²) in [5.74, 6) is -0.269. The van der Waals surface area contributed by atoms with Gasteiger partial charge < -0.3 is 19.1 Å². The fourth-order valence-electron chi connectivity index (χ4n) is 3.89. The third-order valence-electron chi connectivity index (χ3n) is 5.70. The molecule has 0 aliphatic carbocycles. The predicted octanol–water partition coefficient (Wildman–Crippen LogP) is 4.62. The number of hydrogen-bond donors (Lipinski definition) is 1. The van der Waals surface area contributed by atoms with E-state index >= 15 is 0 Å². The van der Waals surface area contributed by atoms with Gasteiger partial charge in [0.05, 0.1) is 25.8 Å². The Morgan fingerprint density at radius 2 is 1.68 bits per heavy atom. The van der Waals surface area contributed by atoms with Gasteiger partial charge in [-0.15, -0.1) is 0 Å². The van der Waals surface area contributed by atoms with Crippen molar-refractivity contribution >= 4 is 23.3 Å². The number of methoxy groups -OCH3 is 2. The van der Waals surface area contributed by atoms with Gasteiger partial charge in [-0.25, -0.2) is 0 Å². The molecule has 4 rings (SSSR count). The highest BCUT2D eigenvalue weighted by atomic mass is 16.5. The van der Waals surface area contributed by atoms with E-state index in [1.165, 1.54) is 19.1 Å². The zero-order valence-electron chi connectivity index (χ0n) is 19.7. The molecule has 1 aliphatic rings. The molecule has 3 aromatic rings. The summed E-state index contributed by atoms with van der Waals surface area (Å²) in [5.41, 5.74) is 0.543. The topological polar surface area (TPSA) is 102 Å². The summed E-state index contributed by atoms with van der Waals surface area (Å²) in [4.78, 5) is 27.8. The quantitative estimate of drug-likeness (QED) is 0.335. The molecule has 0 bridgehead atoms. The molecule has 1 unspecified atom stereocenters. The molecule has 0 spiro atoms. The summed E-state index contributed by atoms with van der Waals surface area (Å²) in [6, 6.07) is 14.4. The number of aliphatic hydroxyl groups excluding tert-OH is 1. The highest BCUT2D eigenvalue weighted by Crippen LogP contribution is 2.44. The normalized spacial score (nSPS) is 17.8. The number of rotatable bonds is 5. The van der Waals surface area contributed by atoms with Crippen molar-refractivity contribution in [3.05, 3.63) is 77.1 Å². The third kappa shape index (κ3) is 3.91. The van der Waals surface area contributed by atoms with Crippen LogP contribution in [0, 0.1) is 0 Å². The monoisotopic (exact) mass is 462 g/mol. The first-order valence-corrected chi connectivity index (χ1v) is 10.7. The smallest absolute Gasteiger partial charge is 0.301 e. The maximum Gasteiger partial charge on any atom is 0.301 e. The average Bonchev–Trinajstić information content (AvgIpc) is 3.42. The number of carbonyl (C=O) groups excluding carboxylic acids is 2. The molecular weight excluding hydrogens is 436 g/mol. The number of benzene rings is 2. The van der Waals surface area contributed by atoms with E-state index in [0.717, 1.165) is 0 Å². The number of amides is 1. The summed E-state index contributed by atoms with van der Waals surface area (Å²) in [6.07, 6.45) is 0. The molecule has 1 fully saturated rings. The first-order valence-electron chi connectivity index (χ1n) is 10.7. The Bertz CT molecular complexity index is 1270.